The number of fused-ring (bicyclic) bond motifs is 1. The fourth-order valence-corrected chi connectivity index (χ4v) is 8.59. The molecular formula is C26H42N2O5S. The van der Waals surface area contributed by atoms with E-state index >= 15 is 0 Å². The van der Waals surface area contributed by atoms with Gasteiger partial charge < -0.3 is 19.6 Å². The number of likely N-dealkylation sites (tertiary alicyclic amines) is 1. The molecule has 0 radical (unpaired) electrons. The van der Waals surface area contributed by atoms with Crippen LogP contribution in [0.5, 0.6) is 0 Å². The Hall–Kier alpha value is -1.54. The van der Waals surface area contributed by atoms with E-state index in [1.807, 2.05) is 25.7 Å². The summed E-state index contributed by atoms with van der Waals surface area (Å²) in [4.78, 5) is 45.0. The minimum Gasteiger partial charge on any atom is -0.466 e. The molecule has 192 valence electrons. The number of carbonyl (C=O) groups is 3. The molecule has 3 fully saturated rings. The zero-order valence-electron chi connectivity index (χ0n) is 21.4. The molecule has 0 aliphatic carbocycles. The third-order valence-corrected chi connectivity index (χ3v) is 10.2. The van der Waals surface area contributed by atoms with Gasteiger partial charge in [-0.3, -0.25) is 14.4 Å². The molecule has 1 N–H and O–H groups in total. The van der Waals surface area contributed by atoms with Gasteiger partial charge in [0.1, 0.15) is 6.04 Å². The Morgan fingerprint density at radius 1 is 1.35 bits per heavy atom. The number of esters is 1. The molecule has 2 amide bonds. The minimum atomic E-state index is -0.704. The zero-order chi connectivity index (χ0) is 25.2. The fourth-order valence-electron chi connectivity index (χ4n) is 6.41. The minimum absolute atomic E-state index is 0.00327. The van der Waals surface area contributed by atoms with Crippen molar-refractivity contribution >= 4 is 29.5 Å². The van der Waals surface area contributed by atoms with Gasteiger partial charge in [-0.05, 0) is 39.0 Å². The quantitative estimate of drug-likeness (QED) is 0.331. The molecule has 3 saturated heterocycles. The molecule has 1 spiro atoms. The molecule has 3 rings (SSSR count). The summed E-state index contributed by atoms with van der Waals surface area (Å²) in [7, 11) is 0. The van der Waals surface area contributed by atoms with Crippen LogP contribution in [0.1, 0.15) is 66.7 Å². The smallest absolute Gasteiger partial charge is 0.310 e. The molecule has 3 aliphatic rings. The monoisotopic (exact) mass is 494 g/mol. The molecule has 7 nitrogen and oxygen atoms in total. The predicted molar refractivity (Wildman–Crippen MR) is 134 cm³/mol. The lowest BCUT2D eigenvalue weighted by Crippen LogP contribution is -2.59. The summed E-state index contributed by atoms with van der Waals surface area (Å²) in [6.07, 6.45) is 5.80. The van der Waals surface area contributed by atoms with Crippen molar-refractivity contribution in [2.75, 3.05) is 19.8 Å². The summed E-state index contributed by atoms with van der Waals surface area (Å²) in [5.41, 5.74) is 0. The van der Waals surface area contributed by atoms with Crippen molar-refractivity contribution < 1.29 is 24.2 Å². The van der Waals surface area contributed by atoms with E-state index in [2.05, 4.69) is 13.5 Å². The van der Waals surface area contributed by atoms with Crippen molar-refractivity contribution in [1.29, 1.82) is 0 Å². The van der Waals surface area contributed by atoms with Gasteiger partial charge in [-0.1, -0.05) is 39.7 Å². The van der Waals surface area contributed by atoms with E-state index in [1.165, 1.54) is 0 Å². The zero-order valence-corrected chi connectivity index (χ0v) is 22.2. The number of amides is 2. The highest BCUT2D eigenvalue weighted by Gasteiger charge is 2.75. The van der Waals surface area contributed by atoms with E-state index in [0.717, 1.165) is 25.7 Å². The highest BCUT2D eigenvalue weighted by Crippen LogP contribution is 2.67. The molecule has 0 aromatic rings. The largest absolute Gasteiger partial charge is 0.466 e. The average molecular weight is 495 g/mol. The topological polar surface area (TPSA) is 87.2 Å². The molecule has 3 unspecified atom stereocenters. The van der Waals surface area contributed by atoms with Gasteiger partial charge in [0.25, 0.3) is 0 Å². The van der Waals surface area contributed by atoms with Crippen molar-refractivity contribution in [2.45, 2.75) is 94.8 Å². The van der Waals surface area contributed by atoms with E-state index in [1.54, 1.807) is 29.7 Å². The van der Waals surface area contributed by atoms with Crippen LogP contribution in [0.4, 0.5) is 0 Å². The normalized spacial score (nSPS) is 32.3. The van der Waals surface area contributed by atoms with Crippen LogP contribution in [0.25, 0.3) is 0 Å². The standard InChI is InChI=1S/C26H42N2O5S/c1-7-11-17(6)27(14-8-2)24(31)22-26-13-12-19(34-26)20(25(32)33-10-4)21(26)23(30)28(22)18(15-29)16(5)9-3/h8,16-22,29H,2,7,9-15H2,1,3-6H3/t16-,17?,18-,19-,20+,21-,22?,26?/m0/s1. The van der Waals surface area contributed by atoms with E-state index < -0.39 is 28.7 Å². The number of thioether (sulfide) groups is 1. The van der Waals surface area contributed by atoms with E-state index in [4.69, 9.17) is 4.74 Å². The number of ether oxygens (including phenoxy) is 1. The Bertz CT molecular complexity index is 791. The van der Waals surface area contributed by atoms with Gasteiger partial charge >= 0.3 is 5.97 Å². The lowest BCUT2D eigenvalue weighted by atomic mass is 9.71. The molecule has 2 bridgehead atoms. The summed E-state index contributed by atoms with van der Waals surface area (Å²) >= 11 is 1.65. The predicted octanol–water partition coefficient (Wildman–Crippen LogP) is 3.25. The summed E-state index contributed by atoms with van der Waals surface area (Å²) < 4.78 is 4.73. The highest BCUT2D eigenvalue weighted by atomic mass is 32.2. The number of hydrogen-bond acceptors (Lipinski definition) is 6. The van der Waals surface area contributed by atoms with Gasteiger partial charge in [-0.2, -0.15) is 0 Å². The van der Waals surface area contributed by atoms with Gasteiger partial charge in [0, 0.05) is 17.8 Å². The second-order valence-corrected chi connectivity index (χ2v) is 11.7. The van der Waals surface area contributed by atoms with Crippen molar-refractivity contribution in [3.8, 4) is 0 Å². The number of carbonyl (C=O) groups excluding carboxylic acids is 3. The van der Waals surface area contributed by atoms with Gasteiger partial charge in [-0.15, -0.1) is 18.3 Å². The lowest BCUT2D eigenvalue weighted by molar-refractivity contribution is -0.154. The van der Waals surface area contributed by atoms with Crippen LogP contribution in [-0.4, -0.2) is 80.6 Å². The van der Waals surface area contributed by atoms with Gasteiger partial charge in [-0.25, -0.2) is 0 Å². The van der Waals surface area contributed by atoms with Crippen molar-refractivity contribution in [3.05, 3.63) is 12.7 Å². The van der Waals surface area contributed by atoms with E-state index in [-0.39, 0.29) is 48.2 Å². The summed E-state index contributed by atoms with van der Waals surface area (Å²) in [6, 6.07) is -1.17. The summed E-state index contributed by atoms with van der Waals surface area (Å²) in [5, 5.41) is 10.4. The van der Waals surface area contributed by atoms with Crippen molar-refractivity contribution in [2.24, 2.45) is 17.8 Å². The van der Waals surface area contributed by atoms with Crippen LogP contribution in [0.3, 0.4) is 0 Å². The van der Waals surface area contributed by atoms with Crippen LogP contribution in [-0.2, 0) is 19.1 Å². The maximum Gasteiger partial charge on any atom is 0.310 e. The van der Waals surface area contributed by atoms with Crippen LogP contribution in [0.2, 0.25) is 0 Å². The Balaban J connectivity index is 2.11. The first-order valence-corrected chi connectivity index (χ1v) is 13.8. The molecule has 8 heteroatoms. The molecule has 0 aromatic carbocycles. The van der Waals surface area contributed by atoms with Crippen LogP contribution >= 0.6 is 11.8 Å². The fraction of sp³-hybridized carbons (Fsp3) is 0.808. The lowest BCUT2D eigenvalue weighted by Gasteiger charge is -2.42. The van der Waals surface area contributed by atoms with Gasteiger partial charge in [0.15, 0.2) is 0 Å². The molecule has 0 aromatic heterocycles. The first kappa shape index (κ1) is 27.1. The number of nitrogens with zero attached hydrogens (tertiary/aromatic N) is 2. The maximum atomic E-state index is 14.3. The maximum absolute atomic E-state index is 14.3. The summed E-state index contributed by atoms with van der Waals surface area (Å²) in [6.45, 7) is 14.3. The van der Waals surface area contributed by atoms with Gasteiger partial charge in [0.05, 0.1) is 35.8 Å². The van der Waals surface area contributed by atoms with E-state index in [0.29, 0.717) is 13.0 Å². The van der Waals surface area contributed by atoms with Crippen LogP contribution in [0.15, 0.2) is 12.7 Å². The second kappa shape index (κ2) is 11.0. The second-order valence-electron chi connectivity index (χ2n) is 10.1. The number of rotatable bonds is 12. The third-order valence-electron chi connectivity index (χ3n) is 8.22. The Morgan fingerprint density at radius 2 is 2.06 bits per heavy atom. The molecule has 3 aliphatic heterocycles. The molecule has 34 heavy (non-hydrogen) atoms. The Morgan fingerprint density at radius 3 is 2.62 bits per heavy atom. The first-order chi connectivity index (χ1) is 16.2. The Kier molecular flexibility index (Phi) is 8.77. The number of aliphatic hydroxyl groups excluding tert-OH is 1. The summed E-state index contributed by atoms with van der Waals surface area (Å²) in [5.74, 6) is -1.70. The molecule has 0 saturated carbocycles. The van der Waals surface area contributed by atoms with E-state index in [9.17, 15) is 19.5 Å². The molecule has 3 heterocycles. The van der Waals surface area contributed by atoms with Crippen LogP contribution < -0.4 is 0 Å². The van der Waals surface area contributed by atoms with Crippen molar-refractivity contribution in [3.63, 3.8) is 0 Å². The van der Waals surface area contributed by atoms with Crippen LogP contribution in [0, 0.1) is 17.8 Å². The van der Waals surface area contributed by atoms with Gasteiger partial charge in [0.2, 0.25) is 11.8 Å². The highest BCUT2D eigenvalue weighted by molar-refractivity contribution is 8.02. The third kappa shape index (κ3) is 4.29. The Labute approximate surface area is 208 Å². The number of hydrogen-bond donors (Lipinski definition) is 1. The molecular weight excluding hydrogens is 452 g/mol. The average Bonchev–Trinajstić information content (AvgIpc) is 3.45. The SMILES string of the molecule is C=CCN(C(=O)C1N([C@@H](CO)[C@@H](C)CC)C(=O)[C@@H]2[C@H](C(=O)OCC)[C@@H]3CCC12S3)C(C)CCC. The van der Waals surface area contributed by atoms with Crippen molar-refractivity contribution in [1.82, 2.24) is 9.80 Å². The first-order valence-electron chi connectivity index (χ1n) is 12.9. The number of aliphatic hydroxyl groups is 1. The molecule has 8 atom stereocenters.